The summed E-state index contributed by atoms with van der Waals surface area (Å²) in [5.74, 6) is 1.53. The Kier molecular flexibility index (Phi) is 7.86. The van der Waals surface area contributed by atoms with Crippen LogP contribution >= 0.6 is 15.9 Å². The summed E-state index contributed by atoms with van der Waals surface area (Å²) in [5.41, 5.74) is 1.06. The number of halogens is 1. The molecule has 0 radical (unpaired) electrons. The van der Waals surface area contributed by atoms with Gasteiger partial charge in [0.05, 0.1) is 13.7 Å². The Balaban J connectivity index is 2.73. The van der Waals surface area contributed by atoms with Gasteiger partial charge < -0.3 is 19.9 Å². The molecule has 0 aliphatic heterocycles. The Hall–Kier alpha value is -0.780. The average Bonchev–Trinajstić information content (AvgIpc) is 2.42. The second-order valence-electron chi connectivity index (χ2n) is 4.10. The fourth-order valence-electron chi connectivity index (χ4n) is 1.79. The van der Waals surface area contributed by atoms with Crippen LogP contribution in [0.3, 0.4) is 0 Å². The minimum Gasteiger partial charge on any atom is -0.493 e. The summed E-state index contributed by atoms with van der Waals surface area (Å²) in [5, 5.41) is 12.1. The van der Waals surface area contributed by atoms with E-state index in [0.717, 1.165) is 40.9 Å². The Bertz CT molecular complexity index is 385. The zero-order chi connectivity index (χ0) is 14.1. The van der Waals surface area contributed by atoms with Crippen LogP contribution in [0.4, 0.5) is 0 Å². The third-order valence-corrected chi connectivity index (χ3v) is 3.48. The normalized spacial score (nSPS) is 10.5. The lowest BCUT2D eigenvalue weighted by Crippen LogP contribution is -2.16. The number of aliphatic hydroxyl groups is 1. The van der Waals surface area contributed by atoms with Crippen molar-refractivity contribution in [1.82, 2.24) is 5.32 Å². The van der Waals surface area contributed by atoms with Crippen LogP contribution in [0.15, 0.2) is 16.6 Å². The molecular formula is C14H22BrNO3. The van der Waals surface area contributed by atoms with Crippen LogP contribution in [0.1, 0.15) is 25.3 Å². The molecule has 0 bridgehead atoms. The smallest absolute Gasteiger partial charge is 0.166 e. The van der Waals surface area contributed by atoms with E-state index < -0.39 is 0 Å². The number of ether oxygens (including phenoxy) is 2. The van der Waals surface area contributed by atoms with Crippen LogP contribution in [0.5, 0.6) is 11.5 Å². The zero-order valence-corrected chi connectivity index (χ0v) is 13.1. The van der Waals surface area contributed by atoms with E-state index in [2.05, 4.69) is 21.2 Å². The topological polar surface area (TPSA) is 50.7 Å². The van der Waals surface area contributed by atoms with Crippen LogP contribution < -0.4 is 14.8 Å². The van der Waals surface area contributed by atoms with Gasteiger partial charge in [-0.05, 0) is 38.4 Å². The van der Waals surface area contributed by atoms with Gasteiger partial charge in [0.15, 0.2) is 11.5 Å². The molecule has 5 heteroatoms. The molecule has 0 aliphatic rings. The fourth-order valence-corrected chi connectivity index (χ4v) is 2.24. The van der Waals surface area contributed by atoms with Gasteiger partial charge in [0.25, 0.3) is 0 Å². The van der Waals surface area contributed by atoms with E-state index in [9.17, 15) is 0 Å². The van der Waals surface area contributed by atoms with Crippen molar-refractivity contribution >= 4 is 15.9 Å². The minimum atomic E-state index is 0.245. The van der Waals surface area contributed by atoms with Gasteiger partial charge in [0.1, 0.15) is 0 Å². The number of nitrogens with one attached hydrogen (secondary N) is 1. The van der Waals surface area contributed by atoms with Crippen molar-refractivity contribution in [2.45, 2.75) is 26.3 Å². The van der Waals surface area contributed by atoms with Crippen molar-refractivity contribution in [3.8, 4) is 11.5 Å². The molecule has 0 saturated carbocycles. The molecule has 0 heterocycles. The number of benzene rings is 1. The van der Waals surface area contributed by atoms with E-state index in [1.807, 2.05) is 19.1 Å². The van der Waals surface area contributed by atoms with Crippen molar-refractivity contribution in [2.24, 2.45) is 0 Å². The minimum absolute atomic E-state index is 0.245. The Labute approximate surface area is 123 Å². The predicted octanol–water partition coefficient (Wildman–Crippen LogP) is 2.72. The number of hydrogen-bond donors (Lipinski definition) is 2. The summed E-state index contributed by atoms with van der Waals surface area (Å²) in [6, 6.07) is 3.86. The van der Waals surface area contributed by atoms with Crippen molar-refractivity contribution in [3.63, 3.8) is 0 Å². The maximum absolute atomic E-state index is 8.74. The first-order valence-corrected chi connectivity index (χ1v) is 7.33. The van der Waals surface area contributed by atoms with Gasteiger partial charge in [0, 0.05) is 23.2 Å². The van der Waals surface area contributed by atoms with Gasteiger partial charge in [-0.15, -0.1) is 0 Å². The van der Waals surface area contributed by atoms with Gasteiger partial charge in [-0.1, -0.05) is 15.9 Å². The fraction of sp³-hybridized carbons (Fsp3) is 0.571. The highest BCUT2D eigenvalue weighted by atomic mass is 79.9. The number of aliphatic hydroxyl groups excluding tert-OH is 1. The molecule has 0 aliphatic carbocycles. The summed E-state index contributed by atoms with van der Waals surface area (Å²) in [4.78, 5) is 0. The van der Waals surface area contributed by atoms with Crippen LogP contribution in [-0.2, 0) is 6.54 Å². The molecule has 0 spiro atoms. The second kappa shape index (κ2) is 9.18. The van der Waals surface area contributed by atoms with Crippen LogP contribution in [0, 0.1) is 0 Å². The molecule has 0 saturated heterocycles. The molecule has 0 amide bonds. The number of rotatable bonds is 9. The van der Waals surface area contributed by atoms with Crippen LogP contribution in [-0.4, -0.2) is 32.0 Å². The molecule has 4 nitrogen and oxygen atoms in total. The lowest BCUT2D eigenvalue weighted by molar-refractivity contribution is 0.283. The lowest BCUT2D eigenvalue weighted by atomic mass is 10.1. The summed E-state index contributed by atoms with van der Waals surface area (Å²) in [6.07, 6.45) is 1.78. The van der Waals surface area contributed by atoms with E-state index in [1.165, 1.54) is 0 Å². The molecule has 2 N–H and O–H groups in total. The van der Waals surface area contributed by atoms with Gasteiger partial charge >= 0.3 is 0 Å². The Morgan fingerprint density at radius 1 is 1.32 bits per heavy atom. The molecule has 0 atom stereocenters. The molecular weight excluding hydrogens is 310 g/mol. The van der Waals surface area contributed by atoms with Crippen LogP contribution in [0.25, 0.3) is 0 Å². The average molecular weight is 332 g/mol. The first kappa shape index (κ1) is 16.3. The van der Waals surface area contributed by atoms with E-state index in [4.69, 9.17) is 14.6 Å². The Morgan fingerprint density at radius 3 is 2.74 bits per heavy atom. The van der Waals surface area contributed by atoms with Gasteiger partial charge in [-0.3, -0.25) is 0 Å². The van der Waals surface area contributed by atoms with Gasteiger partial charge in [-0.2, -0.15) is 0 Å². The number of hydrogen-bond acceptors (Lipinski definition) is 4. The summed E-state index contributed by atoms with van der Waals surface area (Å²) in [7, 11) is 1.64. The maximum atomic E-state index is 8.74. The standard InChI is InChI=1S/C14H22BrNO3/c1-3-19-14-11(10-16-8-4-5-9-17)12(15)6-7-13(14)18-2/h6-7,16-17H,3-5,8-10H2,1-2H3. The molecule has 1 rings (SSSR count). The third kappa shape index (κ3) is 5.01. The monoisotopic (exact) mass is 331 g/mol. The highest BCUT2D eigenvalue weighted by molar-refractivity contribution is 9.10. The molecule has 0 unspecified atom stereocenters. The second-order valence-corrected chi connectivity index (χ2v) is 4.95. The van der Waals surface area contributed by atoms with E-state index in [0.29, 0.717) is 13.2 Å². The van der Waals surface area contributed by atoms with Crippen molar-refractivity contribution < 1.29 is 14.6 Å². The lowest BCUT2D eigenvalue weighted by Gasteiger charge is -2.16. The molecule has 19 heavy (non-hydrogen) atoms. The maximum Gasteiger partial charge on any atom is 0.166 e. The zero-order valence-electron chi connectivity index (χ0n) is 11.5. The van der Waals surface area contributed by atoms with Crippen molar-refractivity contribution in [2.75, 3.05) is 26.9 Å². The first-order chi connectivity index (χ1) is 9.24. The molecule has 1 aromatic rings. The predicted molar refractivity (Wildman–Crippen MR) is 79.9 cm³/mol. The van der Waals surface area contributed by atoms with E-state index >= 15 is 0 Å². The van der Waals surface area contributed by atoms with E-state index in [-0.39, 0.29) is 6.61 Å². The highest BCUT2D eigenvalue weighted by Crippen LogP contribution is 2.36. The molecule has 0 fully saturated rings. The molecule has 1 aromatic carbocycles. The third-order valence-electron chi connectivity index (χ3n) is 2.74. The van der Waals surface area contributed by atoms with Crippen LogP contribution in [0.2, 0.25) is 0 Å². The summed E-state index contributed by atoms with van der Waals surface area (Å²) in [6.45, 7) is 4.38. The molecule has 0 aromatic heterocycles. The summed E-state index contributed by atoms with van der Waals surface area (Å²) >= 11 is 3.55. The van der Waals surface area contributed by atoms with Crippen molar-refractivity contribution in [1.29, 1.82) is 0 Å². The molecule has 108 valence electrons. The quantitative estimate of drug-likeness (QED) is 0.683. The van der Waals surface area contributed by atoms with Gasteiger partial charge in [0.2, 0.25) is 0 Å². The summed E-state index contributed by atoms with van der Waals surface area (Å²) < 4.78 is 12.0. The van der Waals surface area contributed by atoms with Gasteiger partial charge in [-0.25, -0.2) is 0 Å². The number of methoxy groups -OCH3 is 1. The Morgan fingerprint density at radius 2 is 2.11 bits per heavy atom. The first-order valence-electron chi connectivity index (χ1n) is 6.54. The number of unbranched alkanes of at least 4 members (excludes halogenated alkanes) is 1. The van der Waals surface area contributed by atoms with Crippen molar-refractivity contribution in [3.05, 3.63) is 22.2 Å². The largest absolute Gasteiger partial charge is 0.493 e. The SMILES string of the molecule is CCOc1c(OC)ccc(Br)c1CNCCCCO. The van der Waals surface area contributed by atoms with E-state index in [1.54, 1.807) is 7.11 Å². The highest BCUT2D eigenvalue weighted by Gasteiger charge is 2.13.